The van der Waals surface area contributed by atoms with Gasteiger partial charge in [0, 0.05) is 12.1 Å². The van der Waals surface area contributed by atoms with Crippen molar-refractivity contribution in [1.82, 2.24) is 4.98 Å². The molecule has 172 valence electrons. The number of pyridine rings is 1. The maximum atomic E-state index is 13.1. The van der Waals surface area contributed by atoms with Gasteiger partial charge in [-0.3, -0.25) is 19.8 Å². The average molecular weight is 496 g/mol. The first-order chi connectivity index (χ1) is 16.4. The standard InChI is InChI=1S/C23H17N3O6S2/c1-30-17-6-4-3-5-16(17)25-22(27)20(34-23(25)33)12-14-7-9-18(19(11-14)31-2)32-21-10-8-15(13-24-21)26(28)29/h3-13H,1-2H3/b20-12+. The minimum Gasteiger partial charge on any atom is -0.495 e. The number of carbonyl (C=O) groups is 1. The summed E-state index contributed by atoms with van der Waals surface area (Å²) < 4.78 is 16.9. The van der Waals surface area contributed by atoms with Gasteiger partial charge in [-0.15, -0.1) is 0 Å². The fourth-order valence-electron chi connectivity index (χ4n) is 3.15. The largest absolute Gasteiger partial charge is 0.495 e. The molecule has 2 aromatic carbocycles. The van der Waals surface area contributed by atoms with Crippen molar-refractivity contribution in [3.8, 4) is 23.1 Å². The first-order valence-corrected chi connectivity index (χ1v) is 11.0. The summed E-state index contributed by atoms with van der Waals surface area (Å²) in [5.74, 6) is 1.22. The number of rotatable bonds is 7. The molecule has 0 atom stereocenters. The van der Waals surface area contributed by atoms with Crippen molar-refractivity contribution in [1.29, 1.82) is 0 Å². The van der Waals surface area contributed by atoms with E-state index in [-0.39, 0.29) is 17.5 Å². The molecule has 1 saturated heterocycles. The van der Waals surface area contributed by atoms with Gasteiger partial charge in [-0.25, -0.2) is 4.98 Å². The molecule has 2 heterocycles. The Morgan fingerprint density at radius 2 is 1.82 bits per heavy atom. The van der Waals surface area contributed by atoms with E-state index >= 15 is 0 Å². The molecule has 0 bridgehead atoms. The normalized spacial score (nSPS) is 14.4. The lowest BCUT2D eigenvalue weighted by Gasteiger charge is -2.17. The Labute approximate surface area is 204 Å². The number of ether oxygens (including phenoxy) is 3. The SMILES string of the molecule is COc1cc(/C=C2/SC(=S)N(c3ccccc3OC)C2=O)ccc1Oc1ccc([N+](=O)[O-])cn1. The zero-order valence-corrected chi connectivity index (χ0v) is 19.6. The molecule has 1 aromatic heterocycles. The van der Waals surface area contributed by atoms with Crippen LogP contribution in [0.15, 0.2) is 65.7 Å². The molecule has 1 amide bonds. The number of hydrogen-bond acceptors (Lipinski definition) is 9. The van der Waals surface area contributed by atoms with Crippen LogP contribution < -0.4 is 19.1 Å². The van der Waals surface area contributed by atoms with Crippen LogP contribution in [0.3, 0.4) is 0 Å². The number of para-hydroxylation sites is 2. The highest BCUT2D eigenvalue weighted by Crippen LogP contribution is 2.40. The number of benzene rings is 2. The number of thioether (sulfide) groups is 1. The van der Waals surface area contributed by atoms with Gasteiger partial charge in [-0.05, 0) is 35.9 Å². The summed E-state index contributed by atoms with van der Waals surface area (Å²) in [5.41, 5.74) is 1.13. The Morgan fingerprint density at radius 1 is 1.06 bits per heavy atom. The summed E-state index contributed by atoms with van der Waals surface area (Å²) in [6.45, 7) is 0. The third-order valence-electron chi connectivity index (χ3n) is 4.75. The summed E-state index contributed by atoms with van der Waals surface area (Å²) in [4.78, 5) is 29.2. The second-order valence-corrected chi connectivity index (χ2v) is 8.49. The summed E-state index contributed by atoms with van der Waals surface area (Å²) in [5, 5.41) is 10.8. The van der Waals surface area contributed by atoms with Crippen LogP contribution in [-0.2, 0) is 4.79 Å². The quantitative estimate of drug-likeness (QED) is 0.189. The zero-order chi connectivity index (χ0) is 24.2. The third-order valence-corrected chi connectivity index (χ3v) is 6.05. The van der Waals surface area contributed by atoms with E-state index < -0.39 is 4.92 Å². The molecule has 1 fully saturated rings. The molecule has 4 rings (SSSR count). The number of aromatic nitrogens is 1. The Kier molecular flexibility index (Phi) is 6.75. The molecule has 0 saturated carbocycles. The fraction of sp³-hybridized carbons (Fsp3) is 0.0870. The van der Waals surface area contributed by atoms with Crippen molar-refractivity contribution in [3.05, 3.63) is 81.4 Å². The van der Waals surface area contributed by atoms with Crippen molar-refractivity contribution in [2.24, 2.45) is 0 Å². The van der Waals surface area contributed by atoms with E-state index in [4.69, 9.17) is 26.4 Å². The topological polar surface area (TPSA) is 104 Å². The molecule has 0 spiro atoms. The lowest BCUT2D eigenvalue weighted by Crippen LogP contribution is -2.27. The van der Waals surface area contributed by atoms with Crippen molar-refractivity contribution < 1.29 is 23.9 Å². The van der Waals surface area contributed by atoms with Gasteiger partial charge in [-0.2, -0.15) is 0 Å². The molecule has 0 radical (unpaired) electrons. The second-order valence-electron chi connectivity index (χ2n) is 6.81. The molecule has 0 aliphatic carbocycles. The van der Waals surface area contributed by atoms with Crippen molar-refractivity contribution >= 4 is 51.7 Å². The number of nitrogens with zero attached hydrogens (tertiary/aromatic N) is 3. The van der Waals surface area contributed by atoms with Crippen LogP contribution in [0.25, 0.3) is 6.08 Å². The maximum absolute atomic E-state index is 13.1. The predicted molar refractivity (Wildman–Crippen MR) is 133 cm³/mol. The molecule has 9 nitrogen and oxygen atoms in total. The lowest BCUT2D eigenvalue weighted by atomic mass is 10.1. The third kappa shape index (κ3) is 4.70. The molecule has 1 aliphatic rings. The van der Waals surface area contributed by atoms with Gasteiger partial charge in [0.25, 0.3) is 11.6 Å². The fourth-order valence-corrected chi connectivity index (χ4v) is 4.44. The summed E-state index contributed by atoms with van der Waals surface area (Å²) >= 11 is 6.64. The molecule has 0 unspecified atom stereocenters. The Balaban J connectivity index is 1.58. The highest BCUT2D eigenvalue weighted by Gasteiger charge is 2.34. The van der Waals surface area contributed by atoms with Crippen molar-refractivity contribution in [2.45, 2.75) is 0 Å². The monoisotopic (exact) mass is 495 g/mol. The maximum Gasteiger partial charge on any atom is 0.287 e. The van der Waals surface area contributed by atoms with Crippen LogP contribution in [0.5, 0.6) is 23.1 Å². The number of nitro groups is 1. The van der Waals surface area contributed by atoms with Gasteiger partial charge in [-0.1, -0.05) is 42.2 Å². The Bertz CT molecular complexity index is 1310. The molecular weight excluding hydrogens is 478 g/mol. The number of methoxy groups -OCH3 is 2. The molecular formula is C23H17N3O6S2. The highest BCUT2D eigenvalue weighted by atomic mass is 32.2. The molecule has 11 heteroatoms. The predicted octanol–water partition coefficient (Wildman–Crippen LogP) is 5.21. The number of amides is 1. The van der Waals surface area contributed by atoms with E-state index in [0.29, 0.717) is 37.7 Å². The van der Waals surface area contributed by atoms with Crippen LogP contribution in [0.2, 0.25) is 0 Å². The smallest absolute Gasteiger partial charge is 0.287 e. The van der Waals surface area contributed by atoms with Crippen LogP contribution in [-0.4, -0.2) is 34.4 Å². The number of thiocarbonyl (C=S) groups is 1. The van der Waals surface area contributed by atoms with Crippen LogP contribution in [0.1, 0.15) is 5.56 Å². The van der Waals surface area contributed by atoms with Crippen LogP contribution >= 0.6 is 24.0 Å². The minimum absolute atomic E-state index is 0.139. The molecule has 34 heavy (non-hydrogen) atoms. The van der Waals surface area contributed by atoms with E-state index in [9.17, 15) is 14.9 Å². The van der Waals surface area contributed by atoms with Gasteiger partial charge in [0.1, 0.15) is 11.9 Å². The first kappa shape index (κ1) is 23.2. The van der Waals surface area contributed by atoms with E-state index in [0.717, 1.165) is 6.20 Å². The van der Waals surface area contributed by atoms with Crippen LogP contribution in [0.4, 0.5) is 11.4 Å². The second kappa shape index (κ2) is 9.89. The van der Waals surface area contributed by atoms with E-state index in [1.807, 2.05) is 12.1 Å². The molecule has 0 N–H and O–H groups in total. The first-order valence-electron chi connectivity index (χ1n) is 9.78. The van der Waals surface area contributed by atoms with Crippen LogP contribution in [0, 0.1) is 10.1 Å². The Morgan fingerprint density at radius 3 is 2.50 bits per heavy atom. The van der Waals surface area contributed by atoms with Gasteiger partial charge in [0.15, 0.2) is 15.8 Å². The number of carbonyl (C=O) groups excluding carboxylic acids is 1. The lowest BCUT2D eigenvalue weighted by molar-refractivity contribution is -0.385. The van der Waals surface area contributed by atoms with E-state index in [2.05, 4.69) is 4.98 Å². The van der Waals surface area contributed by atoms with E-state index in [1.165, 1.54) is 43.0 Å². The summed E-state index contributed by atoms with van der Waals surface area (Å²) in [7, 11) is 3.02. The molecule has 3 aromatic rings. The van der Waals surface area contributed by atoms with Crippen molar-refractivity contribution in [2.75, 3.05) is 19.1 Å². The number of hydrogen-bond donors (Lipinski definition) is 0. The summed E-state index contributed by atoms with van der Waals surface area (Å²) in [6, 6.07) is 15.0. The van der Waals surface area contributed by atoms with Gasteiger partial charge in [0.2, 0.25) is 5.88 Å². The van der Waals surface area contributed by atoms with Crippen molar-refractivity contribution in [3.63, 3.8) is 0 Å². The van der Waals surface area contributed by atoms with Gasteiger partial charge >= 0.3 is 0 Å². The highest BCUT2D eigenvalue weighted by molar-refractivity contribution is 8.27. The molecule has 1 aliphatic heterocycles. The number of anilines is 1. The van der Waals surface area contributed by atoms with Gasteiger partial charge in [0.05, 0.1) is 29.7 Å². The Hall–Kier alpha value is -3.96. The summed E-state index contributed by atoms with van der Waals surface area (Å²) in [6.07, 6.45) is 2.82. The average Bonchev–Trinajstić information content (AvgIpc) is 3.12. The minimum atomic E-state index is -0.539. The van der Waals surface area contributed by atoms with E-state index in [1.54, 1.807) is 36.4 Å². The van der Waals surface area contributed by atoms with Gasteiger partial charge < -0.3 is 14.2 Å². The zero-order valence-electron chi connectivity index (χ0n) is 18.0.